The molecule has 5 aliphatic rings. The van der Waals surface area contributed by atoms with Crippen molar-refractivity contribution in [2.75, 3.05) is 0 Å². The number of aromatic nitrogens is 1. The second-order valence-electron chi connectivity index (χ2n) is 10.8. The van der Waals surface area contributed by atoms with E-state index in [0.29, 0.717) is 11.3 Å². The first-order chi connectivity index (χ1) is 13.9. The third-order valence-electron chi connectivity index (χ3n) is 9.87. The average Bonchev–Trinajstić information content (AvgIpc) is 3.21. The van der Waals surface area contributed by atoms with Crippen molar-refractivity contribution >= 4 is 11.5 Å². The number of carbonyl (C=O) groups is 1. The molecule has 0 aromatic carbocycles. The van der Waals surface area contributed by atoms with E-state index in [2.05, 4.69) is 37.0 Å². The quantitative estimate of drug-likeness (QED) is 0.620. The molecule has 0 bridgehead atoms. The average molecular weight is 390 g/mol. The topological polar surface area (TPSA) is 39.2 Å². The molecule has 1 heterocycles. The second-order valence-corrected chi connectivity index (χ2v) is 10.8. The maximum absolute atomic E-state index is 12.0. The summed E-state index contributed by atoms with van der Waals surface area (Å²) in [5, 5.41) is 0. The maximum atomic E-state index is 12.0. The van der Waals surface area contributed by atoms with Gasteiger partial charge in [0.05, 0.1) is 0 Å². The Morgan fingerprint density at radius 2 is 2.07 bits per heavy atom. The minimum Gasteiger partial charge on any atom is -0.462 e. The molecule has 0 N–H and O–H groups in total. The number of pyridine rings is 1. The standard InChI is InChI=1S/C26H31NO2/c1-16(28)29-23-13-19-21-7-6-20(17-5-4-12-27-15-17)24(21,2)10-9-22(19)25(3)11-8-18-14-26(18,23)25/h4-7,12,15,18-19,22-23H,8-11,13-14H2,1-3H3. The number of allylic oxidation sites excluding steroid dienone is 4. The monoisotopic (exact) mass is 389 g/mol. The summed E-state index contributed by atoms with van der Waals surface area (Å²) in [5.74, 6) is 1.94. The zero-order chi connectivity index (χ0) is 20.0. The lowest BCUT2D eigenvalue weighted by atomic mass is 9.47. The Kier molecular flexibility index (Phi) is 3.47. The molecular formula is C26H31NO2. The molecule has 0 aliphatic heterocycles. The van der Waals surface area contributed by atoms with Crippen molar-refractivity contribution in [3.63, 3.8) is 0 Å². The van der Waals surface area contributed by atoms with Gasteiger partial charge in [0.15, 0.2) is 0 Å². The van der Waals surface area contributed by atoms with Crippen molar-refractivity contribution < 1.29 is 9.53 Å². The van der Waals surface area contributed by atoms with E-state index in [0.717, 1.165) is 18.3 Å². The molecule has 152 valence electrons. The SMILES string of the molecule is CC(=O)OC1CC2C3=CC=C(c4cccnc4)C3(C)CCC2C2(C)CCC3CC312. The molecule has 4 fully saturated rings. The van der Waals surface area contributed by atoms with Crippen molar-refractivity contribution in [2.24, 2.45) is 34.0 Å². The fraction of sp³-hybridized carbons (Fsp3) is 0.615. The van der Waals surface area contributed by atoms with Gasteiger partial charge in [-0.05, 0) is 78.9 Å². The van der Waals surface area contributed by atoms with Crippen molar-refractivity contribution in [1.29, 1.82) is 0 Å². The molecule has 4 saturated carbocycles. The summed E-state index contributed by atoms with van der Waals surface area (Å²) in [6, 6.07) is 4.23. The van der Waals surface area contributed by atoms with E-state index >= 15 is 0 Å². The molecule has 3 nitrogen and oxygen atoms in total. The van der Waals surface area contributed by atoms with Crippen molar-refractivity contribution in [3.8, 4) is 0 Å². The van der Waals surface area contributed by atoms with E-state index in [4.69, 9.17) is 4.74 Å². The Labute approximate surface area is 173 Å². The van der Waals surface area contributed by atoms with Gasteiger partial charge in [-0.3, -0.25) is 9.78 Å². The number of ether oxygens (including phenoxy) is 1. The molecule has 7 atom stereocenters. The molecule has 0 radical (unpaired) electrons. The van der Waals surface area contributed by atoms with Crippen LogP contribution >= 0.6 is 0 Å². The summed E-state index contributed by atoms with van der Waals surface area (Å²) < 4.78 is 6.06. The number of nitrogens with zero attached hydrogens (tertiary/aromatic N) is 1. The molecule has 0 saturated heterocycles. The van der Waals surface area contributed by atoms with Gasteiger partial charge in [-0.25, -0.2) is 0 Å². The van der Waals surface area contributed by atoms with Gasteiger partial charge < -0.3 is 4.74 Å². The van der Waals surface area contributed by atoms with Gasteiger partial charge in [0.1, 0.15) is 6.10 Å². The summed E-state index contributed by atoms with van der Waals surface area (Å²) in [6.45, 7) is 6.57. The van der Waals surface area contributed by atoms with Crippen LogP contribution < -0.4 is 0 Å². The van der Waals surface area contributed by atoms with Crippen LogP contribution in [0.15, 0.2) is 42.3 Å². The van der Waals surface area contributed by atoms with Crippen LogP contribution in [0.2, 0.25) is 0 Å². The Bertz CT molecular complexity index is 949. The number of esters is 1. The first-order valence-electron chi connectivity index (χ1n) is 11.4. The van der Waals surface area contributed by atoms with Gasteiger partial charge >= 0.3 is 5.97 Å². The largest absolute Gasteiger partial charge is 0.462 e. The fourth-order valence-electron chi connectivity index (χ4n) is 8.56. The molecule has 1 spiro atoms. The summed E-state index contributed by atoms with van der Waals surface area (Å²) in [6.07, 6.45) is 16.1. The molecule has 1 aromatic heterocycles. The van der Waals surface area contributed by atoms with Crippen LogP contribution in [0.5, 0.6) is 0 Å². The zero-order valence-corrected chi connectivity index (χ0v) is 17.8. The highest BCUT2D eigenvalue weighted by atomic mass is 16.5. The van der Waals surface area contributed by atoms with E-state index in [1.807, 2.05) is 18.5 Å². The van der Waals surface area contributed by atoms with Crippen LogP contribution in [0.3, 0.4) is 0 Å². The van der Waals surface area contributed by atoms with E-state index < -0.39 is 0 Å². The first-order valence-corrected chi connectivity index (χ1v) is 11.4. The normalized spacial score (nSPS) is 46.6. The first kappa shape index (κ1) is 17.9. The Balaban J connectivity index is 1.39. The minimum atomic E-state index is -0.101. The number of hydrogen-bond acceptors (Lipinski definition) is 3. The van der Waals surface area contributed by atoms with Crippen LogP contribution in [0.25, 0.3) is 5.57 Å². The summed E-state index contributed by atoms with van der Waals surface area (Å²) >= 11 is 0. The maximum Gasteiger partial charge on any atom is 0.302 e. The molecule has 1 aromatic rings. The summed E-state index contributed by atoms with van der Waals surface area (Å²) in [4.78, 5) is 16.4. The van der Waals surface area contributed by atoms with Crippen LogP contribution in [-0.4, -0.2) is 17.1 Å². The van der Waals surface area contributed by atoms with E-state index in [-0.39, 0.29) is 22.9 Å². The smallest absolute Gasteiger partial charge is 0.302 e. The second kappa shape index (κ2) is 5.62. The van der Waals surface area contributed by atoms with Crippen LogP contribution in [0.1, 0.15) is 64.9 Å². The lowest BCUT2D eigenvalue weighted by molar-refractivity contribution is -0.167. The molecule has 5 aliphatic carbocycles. The Morgan fingerprint density at radius 3 is 2.79 bits per heavy atom. The molecule has 7 unspecified atom stereocenters. The van der Waals surface area contributed by atoms with Gasteiger partial charge in [0.25, 0.3) is 0 Å². The highest BCUT2D eigenvalue weighted by Crippen LogP contribution is 2.81. The third kappa shape index (κ3) is 2.09. The highest BCUT2D eigenvalue weighted by Gasteiger charge is 2.77. The lowest BCUT2D eigenvalue weighted by Gasteiger charge is -2.58. The van der Waals surface area contributed by atoms with E-state index in [1.54, 1.807) is 12.5 Å². The minimum absolute atomic E-state index is 0.0907. The summed E-state index contributed by atoms with van der Waals surface area (Å²) in [5.41, 5.74) is 4.94. The molecule has 6 rings (SSSR count). The van der Waals surface area contributed by atoms with Crippen LogP contribution in [0.4, 0.5) is 0 Å². The number of rotatable bonds is 2. The Hall–Kier alpha value is -1.90. The predicted molar refractivity (Wildman–Crippen MR) is 113 cm³/mol. The number of hydrogen-bond donors (Lipinski definition) is 0. The number of carbonyl (C=O) groups excluding carboxylic acids is 1. The third-order valence-corrected chi connectivity index (χ3v) is 9.87. The van der Waals surface area contributed by atoms with Gasteiger partial charge in [-0.2, -0.15) is 0 Å². The van der Waals surface area contributed by atoms with Crippen molar-refractivity contribution in [1.82, 2.24) is 4.98 Å². The zero-order valence-electron chi connectivity index (χ0n) is 17.8. The molecular weight excluding hydrogens is 358 g/mol. The van der Waals surface area contributed by atoms with Gasteiger partial charge in [-0.1, -0.05) is 37.6 Å². The van der Waals surface area contributed by atoms with Crippen LogP contribution in [-0.2, 0) is 9.53 Å². The van der Waals surface area contributed by atoms with E-state index in [9.17, 15) is 4.79 Å². The fourth-order valence-corrected chi connectivity index (χ4v) is 8.56. The molecule has 3 heteroatoms. The predicted octanol–water partition coefficient (Wildman–Crippen LogP) is 5.58. The van der Waals surface area contributed by atoms with E-state index in [1.165, 1.54) is 43.2 Å². The van der Waals surface area contributed by atoms with Crippen molar-refractivity contribution in [3.05, 3.63) is 47.8 Å². The lowest BCUT2D eigenvalue weighted by Crippen LogP contribution is -2.55. The molecule has 0 amide bonds. The van der Waals surface area contributed by atoms with Crippen LogP contribution in [0, 0.1) is 34.0 Å². The number of fused-ring (bicyclic) bond motifs is 4. The Morgan fingerprint density at radius 1 is 1.21 bits per heavy atom. The van der Waals surface area contributed by atoms with Gasteiger partial charge in [0, 0.05) is 30.1 Å². The van der Waals surface area contributed by atoms with Gasteiger partial charge in [0.2, 0.25) is 0 Å². The summed E-state index contributed by atoms with van der Waals surface area (Å²) in [7, 11) is 0. The van der Waals surface area contributed by atoms with Crippen molar-refractivity contribution in [2.45, 2.75) is 65.4 Å². The highest BCUT2D eigenvalue weighted by molar-refractivity contribution is 5.78. The van der Waals surface area contributed by atoms with Gasteiger partial charge in [-0.15, -0.1) is 0 Å². The molecule has 29 heavy (non-hydrogen) atoms.